The van der Waals surface area contributed by atoms with Crippen LogP contribution in [-0.4, -0.2) is 18.5 Å². The molecule has 0 radical (unpaired) electrons. The second kappa shape index (κ2) is 7.34. The van der Waals surface area contributed by atoms with Crippen molar-refractivity contribution >= 4 is 12.2 Å². The number of benzene rings is 1. The Kier molecular flexibility index (Phi) is 5.23. The van der Waals surface area contributed by atoms with E-state index in [0.717, 1.165) is 16.8 Å². The normalized spacial score (nSPS) is 10.0. The van der Waals surface area contributed by atoms with Gasteiger partial charge in [0.25, 0.3) is 0 Å². The molecule has 0 N–H and O–H groups in total. The van der Waals surface area contributed by atoms with E-state index in [0.29, 0.717) is 30.9 Å². The number of anilines is 1. The average molecular weight is 295 g/mol. The van der Waals surface area contributed by atoms with Gasteiger partial charge in [0.05, 0.1) is 13.2 Å². The largest absolute Gasteiger partial charge is 0.380 e. The number of pyridine rings is 1. The summed E-state index contributed by atoms with van der Waals surface area (Å²) >= 11 is 0. The molecule has 0 bridgehead atoms. The molecule has 0 fully saturated rings. The Balaban J connectivity index is 2.44. The first-order valence-corrected chi connectivity index (χ1v) is 6.85. The molecule has 0 spiro atoms. The van der Waals surface area contributed by atoms with Crippen molar-refractivity contribution in [3.05, 3.63) is 58.8 Å². The van der Waals surface area contributed by atoms with Gasteiger partial charge in [-0.3, -0.25) is 9.69 Å². The number of hydrogen-bond acceptors (Lipinski definition) is 4. The van der Waals surface area contributed by atoms with Gasteiger partial charge in [0.2, 0.25) is 6.41 Å². The summed E-state index contributed by atoms with van der Waals surface area (Å²) in [4.78, 5) is 17.3. The van der Waals surface area contributed by atoms with Crippen LogP contribution >= 0.6 is 0 Å². The van der Waals surface area contributed by atoms with Gasteiger partial charge in [-0.2, -0.15) is 5.26 Å². The smallest absolute Gasteiger partial charge is 0.215 e. The maximum Gasteiger partial charge on any atom is 0.215 e. The van der Waals surface area contributed by atoms with E-state index in [1.807, 2.05) is 37.3 Å². The molecule has 22 heavy (non-hydrogen) atoms. The number of nitriles is 1. The summed E-state index contributed by atoms with van der Waals surface area (Å²) in [5.41, 5.74) is 2.80. The van der Waals surface area contributed by atoms with Crippen LogP contribution in [0.4, 0.5) is 5.82 Å². The minimum absolute atomic E-state index is 0.303. The van der Waals surface area contributed by atoms with E-state index in [4.69, 9.17) is 4.74 Å². The van der Waals surface area contributed by atoms with Gasteiger partial charge in [0, 0.05) is 18.4 Å². The molecule has 1 aromatic heterocycles. The first-order valence-electron chi connectivity index (χ1n) is 6.85. The highest BCUT2D eigenvalue weighted by Gasteiger charge is 2.17. The van der Waals surface area contributed by atoms with Crippen molar-refractivity contribution in [3.8, 4) is 6.07 Å². The molecule has 0 saturated heterocycles. The van der Waals surface area contributed by atoms with Crippen LogP contribution in [0.25, 0.3) is 0 Å². The van der Waals surface area contributed by atoms with E-state index >= 15 is 0 Å². The van der Waals surface area contributed by atoms with Crippen LogP contribution < -0.4 is 4.90 Å². The Morgan fingerprint density at radius 1 is 1.36 bits per heavy atom. The SMILES string of the molecule is COCc1cc(C)nc(N(C=O)Cc2ccccc2)c1C#N. The number of aryl methyl sites for hydroxylation is 1. The number of ether oxygens (including phenoxy) is 1. The molecule has 0 aliphatic carbocycles. The quantitative estimate of drug-likeness (QED) is 0.768. The van der Waals surface area contributed by atoms with Crippen LogP contribution in [0, 0.1) is 18.3 Å². The van der Waals surface area contributed by atoms with E-state index in [2.05, 4.69) is 11.1 Å². The highest BCUT2D eigenvalue weighted by Crippen LogP contribution is 2.23. The van der Waals surface area contributed by atoms with Crippen molar-refractivity contribution in [1.82, 2.24) is 4.98 Å². The van der Waals surface area contributed by atoms with Crippen molar-refractivity contribution in [2.75, 3.05) is 12.0 Å². The summed E-state index contributed by atoms with van der Waals surface area (Å²) < 4.78 is 5.13. The summed E-state index contributed by atoms with van der Waals surface area (Å²) in [5, 5.41) is 9.44. The number of carbonyl (C=O) groups is 1. The predicted octanol–water partition coefficient (Wildman–Crippen LogP) is 2.57. The Hall–Kier alpha value is -2.71. The molecule has 2 aromatic rings. The molecular formula is C17H17N3O2. The van der Waals surface area contributed by atoms with Gasteiger partial charge in [0.15, 0.2) is 5.82 Å². The summed E-state index contributed by atoms with van der Waals surface area (Å²) in [6, 6.07) is 13.5. The van der Waals surface area contributed by atoms with Crippen LogP contribution in [-0.2, 0) is 22.7 Å². The third-order valence-corrected chi connectivity index (χ3v) is 3.22. The Bertz CT molecular complexity index is 693. The standard InChI is InChI=1S/C17H17N3O2/c1-13-8-15(11-22-2)16(9-18)17(19-13)20(12-21)10-14-6-4-3-5-7-14/h3-8,12H,10-11H2,1-2H3. The number of hydrogen-bond donors (Lipinski definition) is 0. The number of amides is 1. The second-order valence-corrected chi connectivity index (χ2v) is 4.89. The number of aromatic nitrogens is 1. The van der Waals surface area contributed by atoms with Crippen molar-refractivity contribution in [1.29, 1.82) is 5.26 Å². The zero-order chi connectivity index (χ0) is 15.9. The number of nitrogens with zero attached hydrogens (tertiary/aromatic N) is 3. The van der Waals surface area contributed by atoms with Crippen LogP contribution in [0.1, 0.15) is 22.4 Å². The Morgan fingerprint density at radius 3 is 2.68 bits per heavy atom. The minimum Gasteiger partial charge on any atom is -0.380 e. The Morgan fingerprint density at radius 2 is 2.09 bits per heavy atom. The zero-order valence-electron chi connectivity index (χ0n) is 12.6. The summed E-state index contributed by atoms with van der Waals surface area (Å²) in [6.45, 7) is 2.49. The monoisotopic (exact) mass is 295 g/mol. The maximum atomic E-state index is 11.5. The zero-order valence-corrected chi connectivity index (χ0v) is 12.6. The topological polar surface area (TPSA) is 66.2 Å². The first-order chi connectivity index (χ1) is 10.7. The lowest BCUT2D eigenvalue weighted by molar-refractivity contribution is -0.107. The van der Waals surface area contributed by atoms with Crippen molar-refractivity contribution in [3.63, 3.8) is 0 Å². The molecule has 1 heterocycles. The van der Waals surface area contributed by atoms with Crippen molar-refractivity contribution in [2.24, 2.45) is 0 Å². The fourth-order valence-electron chi connectivity index (χ4n) is 2.26. The molecule has 0 unspecified atom stereocenters. The van der Waals surface area contributed by atoms with Crippen molar-refractivity contribution in [2.45, 2.75) is 20.1 Å². The third-order valence-electron chi connectivity index (χ3n) is 3.22. The fraction of sp³-hybridized carbons (Fsp3) is 0.235. The molecule has 5 nitrogen and oxygen atoms in total. The highest BCUT2D eigenvalue weighted by atomic mass is 16.5. The van der Waals surface area contributed by atoms with E-state index in [-0.39, 0.29) is 0 Å². The van der Waals surface area contributed by atoms with Gasteiger partial charge in [0.1, 0.15) is 11.6 Å². The van der Waals surface area contributed by atoms with Crippen LogP contribution in [0.3, 0.4) is 0 Å². The van der Waals surface area contributed by atoms with Gasteiger partial charge in [-0.25, -0.2) is 4.98 Å². The van der Waals surface area contributed by atoms with E-state index in [1.165, 1.54) is 4.90 Å². The minimum atomic E-state index is 0.303. The Labute approximate surface area is 129 Å². The van der Waals surface area contributed by atoms with Gasteiger partial charge >= 0.3 is 0 Å². The van der Waals surface area contributed by atoms with Crippen LogP contribution in [0.5, 0.6) is 0 Å². The van der Waals surface area contributed by atoms with Gasteiger partial charge in [-0.15, -0.1) is 0 Å². The third kappa shape index (κ3) is 3.48. The average Bonchev–Trinajstić information content (AvgIpc) is 2.53. The molecule has 0 aliphatic heterocycles. The lowest BCUT2D eigenvalue weighted by Crippen LogP contribution is -2.23. The number of rotatable bonds is 6. The number of methoxy groups -OCH3 is 1. The molecule has 0 saturated carbocycles. The highest BCUT2D eigenvalue weighted by molar-refractivity contribution is 5.77. The lowest BCUT2D eigenvalue weighted by atomic mass is 10.1. The van der Waals surface area contributed by atoms with E-state index in [1.54, 1.807) is 13.2 Å². The van der Waals surface area contributed by atoms with E-state index in [9.17, 15) is 10.1 Å². The molecule has 1 aromatic carbocycles. The molecular weight excluding hydrogens is 278 g/mol. The lowest BCUT2D eigenvalue weighted by Gasteiger charge is -2.20. The molecule has 112 valence electrons. The summed E-state index contributed by atoms with van der Waals surface area (Å²) in [5.74, 6) is 0.369. The fourth-order valence-corrected chi connectivity index (χ4v) is 2.26. The first kappa shape index (κ1) is 15.7. The van der Waals surface area contributed by atoms with Crippen molar-refractivity contribution < 1.29 is 9.53 Å². The summed E-state index contributed by atoms with van der Waals surface area (Å²) in [6.07, 6.45) is 0.701. The van der Waals surface area contributed by atoms with Gasteiger partial charge in [-0.05, 0) is 18.6 Å². The number of carbonyl (C=O) groups excluding carboxylic acids is 1. The molecule has 5 heteroatoms. The van der Waals surface area contributed by atoms with Gasteiger partial charge in [-0.1, -0.05) is 30.3 Å². The molecule has 0 atom stereocenters. The van der Waals surface area contributed by atoms with Crippen LogP contribution in [0.15, 0.2) is 36.4 Å². The second-order valence-electron chi connectivity index (χ2n) is 4.89. The molecule has 1 amide bonds. The summed E-state index contributed by atoms with van der Waals surface area (Å²) in [7, 11) is 1.57. The van der Waals surface area contributed by atoms with Crippen LogP contribution in [0.2, 0.25) is 0 Å². The van der Waals surface area contributed by atoms with Gasteiger partial charge < -0.3 is 4.74 Å². The molecule has 0 aliphatic rings. The maximum absolute atomic E-state index is 11.5. The predicted molar refractivity (Wildman–Crippen MR) is 83.1 cm³/mol. The van der Waals surface area contributed by atoms with E-state index < -0.39 is 0 Å². The molecule has 2 rings (SSSR count).